The van der Waals surface area contributed by atoms with E-state index in [2.05, 4.69) is 4.90 Å². The lowest BCUT2D eigenvalue weighted by molar-refractivity contribution is 0.255. The van der Waals surface area contributed by atoms with Gasteiger partial charge >= 0.3 is 0 Å². The van der Waals surface area contributed by atoms with Crippen LogP contribution in [0.1, 0.15) is 19.3 Å². The molecule has 1 saturated carbocycles. The van der Waals surface area contributed by atoms with Gasteiger partial charge in [-0.3, -0.25) is 0 Å². The van der Waals surface area contributed by atoms with E-state index in [-0.39, 0.29) is 11.4 Å². The quantitative estimate of drug-likeness (QED) is 0.824. The molecular weight excluding hydrogens is 191 g/mol. The van der Waals surface area contributed by atoms with Gasteiger partial charge < -0.3 is 10.6 Å². The van der Waals surface area contributed by atoms with E-state index in [0.29, 0.717) is 0 Å². The van der Waals surface area contributed by atoms with Crippen molar-refractivity contribution in [1.29, 1.82) is 0 Å². The van der Waals surface area contributed by atoms with Crippen LogP contribution in [0.4, 0.5) is 10.1 Å². The zero-order chi connectivity index (χ0) is 10.9. The van der Waals surface area contributed by atoms with Crippen molar-refractivity contribution < 1.29 is 4.39 Å². The van der Waals surface area contributed by atoms with Crippen molar-refractivity contribution >= 4 is 5.69 Å². The minimum Gasteiger partial charge on any atom is -0.373 e. The Bertz CT molecular complexity index is 330. The number of benzene rings is 1. The van der Waals surface area contributed by atoms with E-state index >= 15 is 0 Å². The molecule has 0 aliphatic heterocycles. The third kappa shape index (κ3) is 2.29. The van der Waals surface area contributed by atoms with Crippen LogP contribution in [0.25, 0.3) is 0 Å². The van der Waals surface area contributed by atoms with Gasteiger partial charge in [0.1, 0.15) is 5.82 Å². The number of hydrogen-bond acceptors (Lipinski definition) is 2. The molecule has 1 aliphatic rings. The SMILES string of the molecule is CN(CC1(N)CCC1)c1ccc(F)cc1. The minimum absolute atomic E-state index is 0.0247. The monoisotopic (exact) mass is 208 g/mol. The Morgan fingerprint density at radius 1 is 1.33 bits per heavy atom. The molecule has 0 unspecified atom stereocenters. The van der Waals surface area contributed by atoms with Gasteiger partial charge in [0.25, 0.3) is 0 Å². The smallest absolute Gasteiger partial charge is 0.123 e. The van der Waals surface area contributed by atoms with Crippen molar-refractivity contribution in [3.8, 4) is 0 Å². The number of anilines is 1. The molecule has 1 aromatic rings. The van der Waals surface area contributed by atoms with Gasteiger partial charge in [0.15, 0.2) is 0 Å². The van der Waals surface area contributed by atoms with Crippen LogP contribution in [0.15, 0.2) is 24.3 Å². The summed E-state index contributed by atoms with van der Waals surface area (Å²) in [4.78, 5) is 2.10. The molecular formula is C12H17FN2. The average molecular weight is 208 g/mol. The molecule has 3 heteroatoms. The van der Waals surface area contributed by atoms with Gasteiger partial charge in [0.05, 0.1) is 0 Å². The van der Waals surface area contributed by atoms with E-state index in [1.165, 1.54) is 18.6 Å². The molecule has 2 nitrogen and oxygen atoms in total. The lowest BCUT2D eigenvalue weighted by atomic mass is 9.77. The Morgan fingerprint density at radius 3 is 2.40 bits per heavy atom. The van der Waals surface area contributed by atoms with E-state index in [0.717, 1.165) is 25.1 Å². The highest BCUT2D eigenvalue weighted by atomic mass is 19.1. The second-order valence-corrected chi connectivity index (χ2v) is 4.55. The number of likely N-dealkylation sites (N-methyl/N-ethyl adjacent to an activating group) is 1. The van der Waals surface area contributed by atoms with E-state index in [4.69, 9.17) is 5.73 Å². The molecule has 0 atom stereocenters. The molecule has 1 aromatic carbocycles. The summed E-state index contributed by atoms with van der Waals surface area (Å²) in [5, 5.41) is 0. The van der Waals surface area contributed by atoms with E-state index in [1.54, 1.807) is 12.1 Å². The van der Waals surface area contributed by atoms with Crippen LogP contribution in [-0.2, 0) is 0 Å². The normalized spacial score (nSPS) is 18.3. The Balaban J connectivity index is 2.01. The predicted molar refractivity (Wildman–Crippen MR) is 60.4 cm³/mol. The molecule has 0 heterocycles. The largest absolute Gasteiger partial charge is 0.373 e. The van der Waals surface area contributed by atoms with Gasteiger partial charge in [-0.1, -0.05) is 0 Å². The van der Waals surface area contributed by atoms with Gasteiger partial charge in [0, 0.05) is 24.8 Å². The first-order valence-corrected chi connectivity index (χ1v) is 5.35. The molecule has 0 saturated heterocycles. The molecule has 0 spiro atoms. The van der Waals surface area contributed by atoms with Gasteiger partial charge in [-0.05, 0) is 43.5 Å². The van der Waals surface area contributed by atoms with Crippen LogP contribution in [0.5, 0.6) is 0 Å². The molecule has 82 valence electrons. The maximum Gasteiger partial charge on any atom is 0.123 e. The highest BCUT2D eigenvalue weighted by Gasteiger charge is 2.33. The first kappa shape index (κ1) is 10.4. The van der Waals surface area contributed by atoms with Crippen molar-refractivity contribution in [2.45, 2.75) is 24.8 Å². The highest BCUT2D eigenvalue weighted by molar-refractivity contribution is 5.46. The zero-order valence-corrected chi connectivity index (χ0v) is 9.04. The van der Waals surface area contributed by atoms with E-state index in [1.807, 2.05) is 7.05 Å². The van der Waals surface area contributed by atoms with Gasteiger partial charge in [-0.25, -0.2) is 4.39 Å². The number of hydrogen-bond donors (Lipinski definition) is 1. The van der Waals surface area contributed by atoms with Gasteiger partial charge in [-0.2, -0.15) is 0 Å². The van der Waals surface area contributed by atoms with E-state index < -0.39 is 0 Å². The summed E-state index contributed by atoms with van der Waals surface area (Å²) in [7, 11) is 2.00. The standard InChI is InChI=1S/C12H17FN2/c1-15(9-12(14)7-2-8-12)11-5-3-10(13)4-6-11/h3-6H,2,7-9,14H2,1H3. The highest BCUT2D eigenvalue weighted by Crippen LogP contribution is 2.30. The topological polar surface area (TPSA) is 29.3 Å². The Labute approximate surface area is 89.9 Å². The molecule has 0 amide bonds. The summed E-state index contributed by atoms with van der Waals surface area (Å²) in [6.45, 7) is 0.846. The fourth-order valence-corrected chi connectivity index (χ4v) is 2.05. The van der Waals surface area contributed by atoms with Crippen LogP contribution in [0, 0.1) is 5.82 Å². The minimum atomic E-state index is -0.196. The molecule has 0 aromatic heterocycles. The first-order chi connectivity index (χ1) is 7.09. The summed E-state index contributed by atoms with van der Waals surface area (Å²) in [6, 6.07) is 6.54. The summed E-state index contributed by atoms with van der Waals surface area (Å²) >= 11 is 0. The van der Waals surface area contributed by atoms with Crippen LogP contribution < -0.4 is 10.6 Å². The molecule has 2 N–H and O–H groups in total. The van der Waals surface area contributed by atoms with Crippen LogP contribution in [0.2, 0.25) is 0 Å². The molecule has 0 radical (unpaired) electrons. The van der Waals surface area contributed by atoms with Crippen LogP contribution >= 0.6 is 0 Å². The molecule has 15 heavy (non-hydrogen) atoms. The first-order valence-electron chi connectivity index (χ1n) is 5.35. The summed E-state index contributed by atoms with van der Waals surface area (Å²) < 4.78 is 12.7. The third-order valence-electron chi connectivity index (χ3n) is 3.17. The van der Waals surface area contributed by atoms with Crippen molar-refractivity contribution in [2.24, 2.45) is 5.73 Å². The third-order valence-corrected chi connectivity index (χ3v) is 3.17. The molecule has 0 bridgehead atoms. The van der Waals surface area contributed by atoms with Gasteiger partial charge in [-0.15, -0.1) is 0 Å². The Hall–Kier alpha value is -1.09. The second-order valence-electron chi connectivity index (χ2n) is 4.55. The number of rotatable bonds is 3. The predicted octanol–water partition coefficient (Wildman–Crippen LogP) is 2.14. The second kappa shape index (κ2) is 3.81. The van der Waals surface area contributed by atoms with E-state index in [9.17, 15) is 4.39 Å². The summed E-state index contributed by atoms with van der Waals surface area (Å²) in [5.41, 5.74) is 7.15. The zero-order valence-electron chi connectivity index (χ0n) is 9.04. The van der Waals surface area contributed by atoms with Crippen LogP contribution in [0.3, 0.4) is 0 Å². The Kier molecular flexibility index (Phi) is 2.65. The van der Waals surface area contributed by atoms with Gasteiger partial charge in [0.2, 0.25) is 0 Å². The van der Waals surface area contributed by atoms with Crippen molar-refractivity contribution in [1.82, 2.24) is 0 Å². The fourth-order valence-electron chi connectivity index (χ4n) is 2.05. The molecule has 1 fully saturated rings. The fraction of sp³-hybridized carbons (Fsp3) is 0.500. The summed E-state index contributed by atoms with van der Waals surface area (Å²) in [6.07, 6.45) is 3.42. The lowest BCUT2D eigenvalue weighted by Crippen LogP contribution is -2.54. The molecule has 2 rings (SSSR count). The number of nitrogens with zero attached hydrogens (tertiary/aromatic N) is 1. The van der Waals surface area contributed by atoms with Crippen LogP contribution in [-0.4, -0.2) is 19.1 Å². The van der Waals surface area contributed by atoms with Crippen molar-refractivity contribution in [2.75, 3.05) is 18.5 Å². The Morgan fingerprint density at radius 2 is 1.93 bits per heavy atom. The number of nitrogens with two attached hydrogens (primary N) is 1. The van der Waals surface area contributed by atoms with Crippen molar-refractivity contribution in [3.63, 3.8) is 0 Å². The maximum absolute atomic E-state index is 12.7. The van der Waals surface area contributed by atoms with Crippen molar-refractivity contribution in [3.05, 3.63) is 30.1 Å². The molecule has 1 aliphatic carbocycles. The maximum atomic E-state index is 12.7. The lowest BCUT2D eigenvalue weighted by Gasteiger charge is -2.41. The number of halogens is 1. The summed E-state index contributed by atoms with van der Waals surface area (Å²) in [5.74, 6) is -0.196. The average Bonchev–Trinajstić information content (AvgIpc) is 2.16.